The fourth-order valence-corrected chi connectivity index (χ4v) is 2.58. The van der Waals surface area contributed by atoms with E-state index in [-0.39, 0.29) is 5.97 Å². The molecule has 0 saturated heterocycles. The van der Waals surface area contributed by atoms with Crippen molar-refractivity contribution in [3.8, 4) is 5.75 Å². The zero-order valence-electron chi connectivity index (χ0n) is 11.3. The van der Waals surface area contributed by atoms with Crippen LogP contribution in [0.3, 0.4) is 0 Å². The molecule has 2 aromatic rings. The van der Waals surface area contributed by atoms with Gasteiger partial charge in [-0.05, 0) is 29.8 Å². The SMILES string of the molecule is COC(=O)c1cccnc1SCc1ccc(OC)cc1. The molecule has 0 radical (unpaired) electrons. The Labute approximate surface area is 122 Å². The summed E-state index contributed by atoms with van der Waals surface area (Å²) in [7, 11) is 3.01. The quantitative estimate of drug-likeness (QED) is 0.625. The lowest BCUT2D eigenvalue weighted by atomic mass is 10.2. The Bertz CT molecular complexity index is 584. The first-order valence-corrected chi connectivity index (χ1v) is 7.02. The van der Waals surface area contributed by atoms with Gasteiger partial charge in [0.1, 0.15) is 10.8 Å². The fourth-order valence-electron chi connectivity index (χ4n) is 1.64. The third-order valence-corrected chi connectivity index (χ3v) is 3.79. The van der Waals surface area contributed by atoms with Crippen molar-refractivity contribution in [1.29, 1.82) is 0 Å². The lowest BCUT2D eigenvalue weighted by Gasteiger charge is -2.06. The number of carbonyl (C=O) groups is 1. The van der Waals surface area contributed by atoms with Crippen molar-refractivity contribution in [2.24, 2.45) is 0 Å². The highest BCUT2D eigenvalue weighted by molar-refractivity contribution is 7.98. The average molecular weight is 289 g/mol. The van der Waals surface area contributed by atoms with Crippen LogP contribution in [0.2, 0.25) is 0 Å². The normalized spacial score (nSPS) is 10.1. The Kier molecular flexibility index (Phi) is 5.01. The molecule has 104 valence electrons. The monoisotopic (exact) mass is 289 g/mol. The molecular weight excluding hydrogens is 274 g/mol. The van der Waals surface area contributed by atoms with Gasteiger partial charge in [0, 0.05) is 11.9 Å². The molecule has 0 bridgehead atoms. The lowest BCUT2D eigenvalue weighted by Crippen LogP contribution is -2.04. The smallest absolute Gasteiger partial charge is 0.340 e. The maximum Gasteiger partial charge on any atom is 0.340 e. The molecule has 0 atom stereocenters. The van der Waals surface area contributed by atoms with Crippen LogP contribution in [0.5, 0.6) is 5.75 Å². The number of hydrogen-bond donors (Lipinski definition) is 0. The average Bonchev–Trinajstić information content (AvgIpc) is 2.53. The van der Waals surface area contributed by atoms with Gasteiger partial charge in [0.15, 0.2) is 0 Å². The molecule has 20 heavy (non-hydrogen) atoms. The minimum absolute atomic E-state index is 0.365. The molecule has 0 amide bonds. The number of thioether (sulfide) groups is 1. The van der Waals surface area contributed by atoms with Crippen molar-refractivity contribution in [2.75, 3.05) is 14.2 Å². The molecule has 4 nitrogen and oxygen atoms in total. The van der Waals surface area contributed by atoms with Crippen LogP contribution < -0.4 is 4.74 Å². The highest BCUT2D eigenvalue weighted by atomic mass is 32.2. The molecule has 1 aromatic carbocycles. The number of aromatic nitrogens is 1. The number of nitrogens with zero attached hydrogens (tertiary/aromatic N) is 1. The summed E-state index contributed by atoms with van der Waals surface area (Å²) in [4.78, 5) is 15.9. The maximum absolute atomic E-state index is 11.6. The Morgan fingerprint density at radius 3 is 2.60 bits per heavy atom. The number of esters is 1. The molecule has 0 aliphatic heterocycles. The molecule has 0 spiro atoms. The first kappa shape index (κ1) is 14.4. The predicted octanol–water partition coefficient (Wildman–Crippen LogP) is 3.17. The third kappa shape index (κ3) is 3.51. The summed E-state index contributed by atoms with van der Waals surface area (Å²) in [6.07, 6.45) is 1.67. The number of carbonyl (C=O) groups excluding carboxylic acids is 1. The Hall–Kier alpha value is -2.01. The van der Waals surface area contributed by atoms with Crippen LogP contribution in [0.25, 0.3) is 0 Å². The molecule has 0 aliphatic rings. The molecule has 1 aromatic heterocycles. The van der Waals surface area contributed by atoms with Crippen LogP contribution in [0, 0.1) is 0 Å². The van der Waals surface area contributed by atoms with Crippen molar-refractivity contribution < 1.29 is 14.3 Å². The van der Waals surface area contributed by atoms with Gasteiger partial charge in [-0.3, -0.25) is 0 Å². The van der Waals surface area contributed by atoms with Crippen LogP contribution in [0.4, 0.5) is 0 Å². The molecule has 1 heterocycles. The van der Waals surface area contributed by atoms with Crippen LogP contribution in [0.15, 0.2) is 47.6 Å². The van der Waals surface area contributed by atoms with Gasteiger partial charge >= 0.3 is 5.97 Å². The standard InChI is InChI=1S/C15H15NO3S/c1-18-12-7-5-11(6-8-12)10-20-14-13(15(17)19-2)4-3-9-16-14/h3-9H,10H2,1-2H3. The summed E-state index contributed by atoms with van der Waals surface area (Å²) in [5.41, 5.74) is 1.63. The molecule has 5 heteroatoms. The zero-order chi connectivity index (χ0) is 14.4. The van der Waals surface area contributed by atoms with E-state index < -0.39 is 0 Å². The predicted molar refractivity (Wildman–Crippen MR) is 78.1 cm³/mol. The summed E-state index contributed by atoms with van der Waals surface area (Å²) in [5.74, 6) is 1.19. The van der Waals surface area contributed by atoms with Gasteiger partial charge in [-0.25, -0.2) is 9.78 Å². The highest BCUT2D eigenvalue weighted by Crippen LogP contribution is 2.25. The van der Waals surface area contributed by atoms with E-state index in [9.17, 15) is 4.79 Å². The number of hydrogen-bond acceptors (Lipinski definition) is 5. The van der Waals surface area contributed by atoms with E-state index in [2.05, 4.69) is 4.98 Å². The van der Waals surface area contributed by atoms with Crippen LogP contribution >= 0.6 is 11.8 Å². The number of pyridine rings is 1. The first-order chi connectivity index (χ1) is 9.74. The van der Waals surface area contributed by atoms with E-state index in [0.29, 0.717) is 10.6 Å². The van der Waals surface area contributed by atoms with E-state index >= 15 is 0 Å². The second-order valence-corrected chi connectivity index (χ2v) is 4.95. The number of rotatable bonds is 5. The minimum atomic E-state index is -0.365. The van der Waals surface area contributed by atoms with Crippen molar-refractivity contribution in [3.63, 3.8) is 0 Å². The largest absolute Gasteiger partial charge is 0.497 e. The Morgan fingerprint density at radius 1 is 1.20 bits per heavy atom. The van der Waals surface area contributed by atoms with E-state index in [0.717, 1.165) is 17.1 Å². The second kappa shape index (κ2) is 6.96. The summed E-state index contributed by atoms with van der Waals surface area (Å²) in [6.45, 7) is 0. The van der Waals surface area contributed by atoms with Crippen molar-refractivity contribution >= 4 is 17.7 Å². The van der Waals surface area contributed by atoms with Crippen LogP contribution in [-0.2, 0) is 10.5 Å². The van der Waals surface area contributed by atoms with E-state index in [1.54, 1.807) is 25.4 Å². The van der Waals surface area contributed by atoms with Gasteiger partial charge in [-0.15, -0.1) is 11.8 Å². The van der Waals surface area contributed by atoms with Gasteiger partial charge in [0.25, 0.3) is 0 Å². The number of benzene rings is 1. The van der Waals surface area contributed by atoms with Gasteiger partial charge < -0.3 is 9.47 Å². The summed E-state index contributed by atoms with van der Waals surface area (Å²) >= 11 is 1.50. The fraction of sp³-hybridized carbons (Fsp3) is 0.200. The van der Waals surface area contributed by atoms with Crippen molar-refractivity contribution in [2.45, 2.75) is 10.8 Å². The third-order valence-electron chi connectivity index (χ3n) is 2.71. The topological polar surface area (TPSA) is 48.4 Å². The van der Waals surface area contributed by atoms with Gasteiger partial charge in [0.2, 0.25) is 0 Å². The van der Waals surface area contributed by atoms with Crippen molar-refractivity contribution in [3.05, 3.63) is 53.7 Å². The summed E-state index contributed by atoms with van der Waals surface area (Å²) < 4.78 is 9.87. The van der Waals surface area contributed by atoms with E-state index in [4.69, 9.17) is 9.47 Å². The molecule has 2 rings (SSSR count). The zero-order valence-corrected chi connectivity index (χ0v) is 12.1. The summed E-state index contributed by atoms with van der Waals surface area (Å²) in [5, 5.41) is 0.676. The van der Waals surface area contributed by atoms with Crippen molar-refractivity contribution in [1.82, 2.24) is 4.98 Å². The van der Waals surface area contributed by atoms with Crippen LogP contribution in [0.1, 0.15) is 15.9 Å². The van der Waals surface area contributed by atoms with Gasteiger partial charge in [-0.1, -0.05) is 12.1 Å². The highest BCUT2D eigenvalue weighted by Gasteiger charge is 2.12. The second-order valence-electron chi connectivity index (χ2n) is 3.98. The Balaban J connectivity index is 2.08. The Morgan fingerprint density at radius 2 is 1.95 bits per heavy atom. The van der Waals surface area contributed by atoms with Gasteiger partial charge in [0.05, 0.1) is 19.8 Å². The molecule has 0 N–H and O–H groups in total. The maximum atomic E-state index is 11.6. The molecule has 0 fully saturated rings. The molecule has 0 unspecified atom stereocenters. The molecule has 0 aliphatic carbocycles. The van der Waals surface area contributed by atoms with Crippen LogP contribution in [-0.4, -0.2) is 25.2 Å². The lowest BCUT2D eigenvalue weighted by molar-refractivity contribution is 0.0596. The first-order valence-electron chi connectivity index (χ1n) is 6.03. The molecular formula is C15H15NO3S. The van der Waals surface area contributed by atoms with Gasteiger partial charge in [-0.2, -0.15) is 0 Å². The summed E-state index contributed by atoms with van der Waals surface area (Å²) in [6, 6.07) is 11.3. The van der Waals surface area contributed by atoms with E-state index in [1.165, 1.54) is 18.9 Å². The molecule has 0 saturated carbocycles. The number of methoxy groups -OCH3 is 2. The number of ether oxygens (including phenoxy) is 2. The minimum Gasteiger partial charge on any atom is -0.497 e. The van der Waals surface area contributed by atoms with E-state index in [1.807, 2.05) is 24.3 Å².